The quantitative estimate of drug-likeness (QED) is 0.382. The number of aliphatic hydroxyl groups is 3. The lowest BCUT2D eigenvalue weighted by molar-refractivity contribution is -0.147. The first-order valence-electron chi connectivity index (χ1n) is 6.72. The van der Waals surface area contributed by atoms with Crippen LogP contribution in [-0.4, -0.2) is 46.7 Å². The highest BCUT2D eigenvalue weighted by molar-refractivity contribution is 5.69. The van der Waals surface area contributed by atoms with Gasteiger partial charge in [0.05, 0.1) is 12.7 Å². The van der Waals surface area contributed by atoms with Crippen molar-refractivity contribution in [2.24, 2.45) is 0 Å². The number of unbranched alkanes of at least 4 members (excludes halogenated alkanes) is 2. The molecule has 0 aromatic rings. The lowest BCUT2D eigenvalue weighted by Crippen LogP contribution is -2.22. The molecule has 0 saturated heterocycles. The molecule has 0 aliphatic heterocycles. The molecule has 18 heavy (non-hydrogen) atoms. The largest absolute Gasteiger partial charge is 0.463 e. The minimum atomic E-state index is -1.01. The molecule has 0 radical (unpaired) electrons. The fraction of sp³-hybridized carbons (Fsp3) is 0.923. The van der Waals surface area contributed by atoms with Crippen LogP contribution in [0.3, 0.4) is 0 Å². The van der Waals surface area contributed by atoms with E-state index in [1.54, 1.807) is 0 Å². The SMILES string of the molecule is CCCCC[C@H](O)CCCC(=O)OC[C@@H](O)CO. The predicted octanol–water partition coefficient (Wildman–Crippen LogP) is 0.994. The molecular weight excluding hydrogens is 236 g/mol. The van der Waals surface area contributed by atoms with Gasteiger partial charge in [-0.1, -0.05) is 26.2 Å². The summed E-state index contributed by atoms with van der Waals surface area (Å²) in [6.07, 6.45) is 4.13. The van der Waals surface area contributed by atoms with Crippen molar-refractivity contribution in [1.82, 2.24) is 0 Å². The van der Waals surface area contributed by atoms with Crippen LogP contribution in [0.15, 0.2) is 0 Å². The van der Waals surface area contributed by atoms with Crippen LogP contribution in [0.1, 0.15) is 51.9 Å². The standard InChI is InChI=1S/C13H26O5/c1-2-3-4-6-11(15)7-5-8-13(17)18-10-12(16)9-14/h11-12,14-16H,2-10H2,1H3/t11-,12-/m0/s1. The summed E-state index contributed by atoms with van der Waals surface area (Å²) >= 11 is 0. The van der Waals surface area contributed by atoms with Gasteiger partial charge in [0.1, 0.15) is 12.7 Å². The van der Waals surface area contributed by atoms with Crippen LogP contribution >= 0.6 is 0 Å². The van der Waals surface area contributed by atoms with E-state index >= 15 is 0 Å². The number of carbonyl (C=O) groups excluding carboxylic acids is 1. The highest BCUT2D eigenvalue weighted by atomic mass is 16.5. The van der Waals surface area contributed by atoms with E-state index in [-0.39, 0.29) is 19.1 Å². The van der Waals surface area contributed by atoms with Gasteiger partial charge < -0.3 is 20.1 Å². The molecule has 0 unspecified atom stereocenters. The van der Waals surface area contributed by atoms with Crippen LogP contribution in [-0.2, 0) is 9.53 Å². The Hall–Kier alpha value is -0.650. The van der Waals surface area contributed by atoms with Gasteiger partial charge in [0.15, 0.2) is 0 Å². The fourth-order valence-electron chi connectivity index (χ4n) is 1.57. The van der Waals surface area contributed by atoms with E-state index in [2.05, 4.69) is 6.92 Å². The summed E-state index contributed by atoms with van der Waals surface area (Å²) in [6.45, 7) is 1.53. The lowest BCUT2D eigenvalue weighted by atomic mass is 10.1. The maximum absolute atomic E-state index is 11.2. The van der Waals surface area contributed by atoms with E-state index in [9.17, 15) is 9.90 Å². The Bertz CT molecular complexity index is 208. The summed E-state index contributed by atoms with van der Waals surface area (Å²) in [5.41, 5.74) is 0. The van der Waals surface area contributed by atoms with Gasteiger partial charge in [0.2, 0.25) is 0 Å². The summed E-state index contributed by atoms with van der Waals surface area (Å²) in [4.78, 5) is 11.2. The molecular formula is C13H26O5. The van der Waals surface area contributed by atoms with Gasteiger partial charge in [-0.2, -0.15) is 0 Å². The van der Waals surface area contributed by atoms with Crippen molar-refractivity contribution >= 4 is 5.97 Å². The Morgan fingerprint density at radius 2 is 1.78 bits per heavy atom. The first-order valence-corrected chi connectivity index (χ1v) is 6.72. The number of aliphatic hydroxyl groups excluding tert-OH is 3. The zero-order chi connectivity index (χ0) is 13.8. The van der Waals surface area contributed by atoms with Crippen LogP contribution in [0.2, 0.25) is 0 Å². The summed E-state index contributed by atoms with van der Waals surface area (Å²) in [6, 6.07) is 0. The van der Waals surface area contributed by atoms with Crippen molar-refractivity contribution in [2.75, 3.05) is 13.2 Å². The molecule has 0 aromatic heterocycles. The number of carbonyl (C=O) groups is 1. The molecule has 0 aromatic carbocycles. The summed E-state index contributed by atoms with van der Waals surface area (Å²) in [5, 5.41) is 27.1. The maximum atomic E-state index is 11.2. The second-order valence-corrected chi connectivity index (χ2v) is 4.56. The van der Waals surface area contributed by atoms with Gasteiger partial charge in [-0.3, -0.25) is 4.79 Å². The zero-order valence-electron chi connectivity index (χ0n) is 11.2. The topological polar surface area (TPSA) is 87.0 Å². The van der Waals surface area contributed by atoms with Crippen LogP contribution in [0, 0.1) is 0 Å². The Morgan fingerprint density at radius 3 is 2.39 bits per heavy atom. The first kappa shape index (κ1) is 17.4. The molecule has 3 N–H and O–H groups in total. The van der Waals surface area contributed by atoms with E-state index < -0.39 is 18.7 Å². The van der Waals surface area contributed by atoms with Gasteiger partial charge in [-0.15, -0.1) is 0 Å². The molecule has 0 rings (SSSR count). The van der Waals surface area contributed by atoms with Crippen molar-refractivity contribution in [3.8, 4) is 0 Å². The molecule has 2 atom stereocenters. The van der Waals surface area contributed by atoms with Crippen molar-refractivity contribution < 1.29 is 24.9 Å². The predicted molar refractivity (Wildman–Crippen MR) is 68.1 cm³/mol. The third-order valence-electron chi connectivity index (χ3n) is 2.71. The maximum Gasteiger partial charge on any atom is 0.305 e. The van der Waals surface area contributed by atoms with Gasteiger partial charge in [-0.25, -0.2) is 0 Å². The van der Waals surface area contributed by atoms with Gasteiger partial charge in [0.25, 0.3) is 0 Å². The average Bonchev–Trinajstić information content (AvgIpc) is 2.36. The van der Waals surface area contributed by atoms with Crippen LogP contribution in [0.4, 0.5) is 0 Å². The molecule has 108 valence electrons. The van der Waals surface area contributed by atoms with E-state index in [0.29, 0.717) is 12.8 Å². The van der Waals surface area contributed by atoms with Crippen LogP contribution in [0.25, 0.3) is 0 Å². The highest BCUT2D eigenvalue weighted by Gasteiger charge is 2.09. The molecule has 5 heteroatoms. The number of hydrogen-bond acceptors (Lipinski definition) is 5. The number of ether oxygens (including phenoxy) is 1. The minimum Gasteiger partial charge on any atom is -0.463 e. The number of hydrogen-bond donors (Lipinski definition) is 3. The number of esters is 1. The molecule has 0 aliphatic carbocycles. The third-order valence-corrected chi connectivity index (χ3v) is 2.71. The third kappa shape index (κ3) is 10.5. The summed E-state index contributed by atoms with van der Waals surface area (Å²) in [5.74, 6) is -0.400. The Labute approximate surface area is 109 Å². The van der Waals surface area contributed by atoms with Crippen LogP contribution in [0.5, 0.6) is 0 Å². The molecule has 5 nitrogen and oxygen atoms in total. The van der Waals surface area contributed by atoms with Gasteiger partial charge in [-0.05, 0) is 19.3 Å². The van der Waals surface area contributed by atoms with Crippen molar-refractivity contribution in [2.45, 2.75) is 64.1 Å². The van der Waals surface area contributed by atoms with Gasteiger partial charge >= 0.3 is 5.97 Å². The molecule has 0 bridgehead atoms. The van der Waals surface area contributed by atoms with E-state index in [1.807, 2.05) is 0 Å². The average molecular weight is 262 g/mol. The fourth-order valence-corrected chi connectivity index (χ4v) is 1.57. The molecule has 0 fully saturated rings. The Kier molecular flexibility index (Phi) is 11.0. The summed E-state index contributed by atoms with van der Waals surface area (Å²) in [7, 11) is 0. The lowest BCUT2D eigenvalue weighted by Gasteiger charge is -2.10. The van der Waals surface area contributed by atoms with Crippen molar-refractivity contribution in [3.63, 3.8) is 0 Å². The van der Waals surface area contributed by atoms with Crippen molar-refractivity contribution in [1.29, 1.82) is 0 Å². The Morgan fingerprint density at radius 1 is 1.11 bits per heavy atom. The minimum absolute atomic E-state index is 0.172. The van der Waals surface area contributed by atoms with Crippen molar-refractivity contribution in [3.05, 3.63) is 0 Å². The Balaban J connectivity index is 3.43. The normalized spacial score (nSPS) is 14.2. The smallest absolute Gasteiger partial charge is 0.305 e. The van der Waals surface area contributed by atoms with E-state index in [0.717, 1.165) is 25.7 Å². The van der Waals surface area contributed by atoms with E-state index in [4.69, 9.17) is 14.9 Å². The second kappa shape index (κ2) is 11.4. The highest BCUT2D eigenvalue weighted by Crippen LogP contribution is 2.10. The molecule has 0 heterocycles. The first-order chi connectivity index (χ1) is 8.60. The second-order valence-electron chi connectivity index (χ2n) is 4.56. The van der Waals surface area contributed by atoms with Gasteiger partial charge in [0, 0.05) is 6.42 Å². The molecule has 0 amide bonds. The number of rotatable bonds is 11. The molecule has 0 spiro atoms. The van der Waals surface area contributed by atoms with E-state index in [1.165, 1.54) is 0 Å². The summed E-state index contributed by atoms with van der Waals surface area (Å²) < 4.78 is 4.74. The zero-order valence-corrected chi connectivity index (χ0v) is 11.2. The molecule has 0 aliphatic rings. The molecule has 0 saturated carbocycles. The monoisotopic (exact) mass is 262 g/mol. The van der Waals surface area contributed by atoms with Crippen LogP contribution < -0.4 is 0 Å².